The Morgan fingerprint density at radius 3 is 2.33 bits per heavy atom. The average molecular weight is 219 g/mol. The number of morpholine rings is 1. The van der Waals surface area contributed by atoms with Gasteiger partial charge in [0.1, 0.15) is 0 Å². The average Bonchev–Trinajstić information content (AvgIpc) is 2.29. The van der Waals surface area contributed by atoms with E-state index in [9.17, 15) is 0 Å². The zero-order valence-electron chi connectivity index (χ0n) is 9.19. The van der Waals surface area contributed by atoms with Gasteiger partial charge in [0.2, 0.25) is 0 Å². The van der Waals surface area contributed by atoms with E-state index in [2.05, 4.69) is 4.90 Å². The van der Waals surface area contributed by atoms with Crippen LogP contribution in [0.5, 0.6) is 0 Å². The Morgan fingerprint density at radius 1 is 1.00 bits per heavy atom. The van der Waals surface area contributed by atoms with Gasteiger partial charge in [-0.1, -0.05) is 0 Å². The van der Waals surface area contributed by atoms with E-state index in [0.29, 0.717) is 19.8 Å². The van der Waals surface area contributed by atoms with Crippen LogP contribution in [0.2, 0.25) is 0 Å². The minimum absolute atomic E-state index is 0.0772. The van der Waals surface area contributed by atoms with E-state index in [0.717, 1.165) is 39.5 Å². The molecule has 0 atom stereocenters. The number of aliphatic hydroxyl groups excluding tert-OH is 1. The van der Waals surface area contributed by atoms with Crippen LogP contribution in [0.15, 0.2) is 0 Å². The van der Waals surface area contributed by atoms with Crippen LogP contribution in [0, 0.1) is 0 Å². The topological polar surface area (TPSA) is 51.2 Å². The maximum Gasteiger partial charge on any atom is 0.0701 e. The van der Waals surface area contributed by atoms with Crippen LogP contribution in [0.4, 0.5) is 0 Å². The zero-order valence-corrected chi connectivity index (χ0v) is 9.19. The summed E-state index contributed by atoms with van der Waals surface area (Å²) >= 11 is 0. The molecule has 5 heteroatoms. The number of aliphatic hydroxyl groups is 1. The molecule has 0 aliphatic carbocycles. The monoisotopic (exact) mass is 219 g/mol. The molecule has 0 aromatic carbocycles. The highest BCUT2D eigenvalue weighted by atomic mass is 16.5. The van der Waals surface area contributed by atoms with Gasteiger partial charge in [-0.3, -0.25) is 4.90 Å². The first-order valence-corrected chi connectivity index (χ1v) is 5.50. The van der Waals surface area contributed by atoms with E-state index in [1.165, 1.54) is 0 Å². The van der Waals surface area contributed by atoms with E-state index in [1.54, 1.807) is 0 Å². The molecular formula is C10H21NO4. The Kier molecular flexibility index (Phi) is 7.77. The maximum atomic E-state index is 8.45. The summed E-state index contributed by atoms with van der Waals surface area (Å²) in [5.41, 5.74) is 0. The molecule has 1 N–H and O–H groups in total. The van der Waals surface area contributed by atoms with E-state index in [4.69, 9.17) is 19.3 Å². The van der Waals surface area contributed by atoms with Crippen molar-refractivity contribution in [2.75, 3.05) is 65.9 Å². The lowest BCUT2D eigenvalue weighted by molar-refractivity contribution is 0.00424. The van der Waals surface area contributed by atoms with Crippen molar-refractivity contribution in [1.82, 2.24) is 4.90 Å². The van der Waals surface area contributed by atoms with Crippen LogP contribution in [0.3, 0.4) is 0 Å². The number of rotatable bonds is 8. The van der Waals surface area contributed by atoms with Gasteiger partial charge < -0.3 is 19.3 Å². The molecule has 1 saturated heterocycles. The Bertz CT molecular complexity index is 139. The van der Waals surface area contributed by atoms with Crippen LogP contribution in [0.1, 0.15) is 0 Å². The lowest BCUT2D eigenvalue weighted by Gasteiger charge is -2.26. The van der Waals surface area contributed by atoms with Gasteiger partial charge in [-0.2, -0.15) is 0 Å². The molecule has 1 rings (SSSR count). The van der Waals surface area contributed by atoms with Crippen molar-refractivity contribution in [2.24, 2.45) is 0 Å². The molecule has 15 heavy (non-hydrogen) atoms. The summed E-state index contributed by atoms with van der Waals surface area (Å²) in [6.07, 6.45) is 0. The van der Waals surface area contributed by atoms with Gasteiger partial charge in [-0.15, -0.1) is 0 Å². The first-order chi connectivity index (χ1) is 7.43. The lowest BCUT2D eigenvalue weighted by atomic mass is 10.4. The fourth-order valence-corrected chi connectivity index (χ4v) is 1.40. The third-order valence-corrected chi connectivity index (χ3v) is 2.26. The smallest absolute Gasteiger partial charge is 0.0701 e. The molecule has 1 aliphatic heterocycles. The van der Waals surface area contributed by atoms with Gasteiger partial charge in [0.15, 0.2) is 0 Å². The summed E-state index contributed by atoms with van der Waals surface area (Å²) in [5, 5.41) is 8.45. The minimum atomic E-state index is 0.0772. The Balaban J connectivity index is 1.79. The standard InChI is InChI=1S/C10H21NO4/c12-4-8-15-10-9-14-7-3-11-1-5-13-6-2-11/h12H,1-10H2. The largest absolute Gasteiger partial charge is 0.394 e. The number of hydrogen-bond donors (Lipinski definition) is 1. The minimum Gasteiger partial charge on any atom is -0.394 e. The molecule has 0 aromatic heterocycles. The molecule has 0 radical (unpaired) electrons. The molecule has 0 bridgehead atoms. The molecule has 0 spiro atoms. The second-order valence-electron chi connectivity index (χ2n) is 3.40. The van der Waals surface area contributed by atoms with Crippen molar-refractivity contribution in [2.45, 2.75) is 0 Å². The fraction of sp³-hybridized carbons (Fsp3) is 1.00. The molecule has 1 heterocycles. The highest BCUT2D eigenvalue weighted by Gasteiger charge is 2.08. The quantitative estimate of drug-likeness (QED) is 0.549. The van der Waals surface area contributed by atoms with Gasteiger partial charge in [-0.05, 0) is 0 Å². The first kappa shape index (κ1) is 12.9. The van der Waals surface area contributed by atoms with Gasteiger partial charge in [-0.25, -0.2) is 0 Å². The van der Waals surface area contributed by atoms with Crippen LogP contribution in [-0.2, 0) is 14.2 Å². The molecule has 0 saturated carbocycles. The van der Waals surface area contributed by atoms with Crippen molar-refractivity contribution in [3.05, 3.63) is 0 Å². The van der Waals surface area contributed by atoms with Crippen molar-refractivity contribution < 1.29 is 19.3 Å². The SMILES string of the molecule is OCCOCCOCCN1CCOCC1. The molecule has 1 fully saturated rings. The fourth-order valence-electron chi connectivity index (χ4n) is 1.40. The Hall–Kier alpha value is -0.200. The van der Waals surface area contributed by atoms with Gasteiger partial charge in [0.25, 0.3) is 0 Å². The summed E-state index contributed by atoms with van der Waals surface area (Å²) in [6, 6.07) is 0. The van der Waals surface area contributed by atoms with Crippen molar-refractivity contribution >= 4 is 0 Å². The summed E-state index contributed by atoms with van der Waals surface area (Å²) in [4.78, 5) is 2.33. The summed E-state index contributed by atoms with van der Waals surface area (Å²) in [6.45, 7) is 7.01. The molecule has 5 nitrogen and oxygen atoms in total. The van der Waals surface area contributed by atoms with Gasteiger partial charge >= 0.3 is 0 Å². The van der Waals surface area contributed by atoms with Crippen LogP contribution in [-0.4, -0.2) is 75.9 Å². The lowest BCUT2D eigenvalue weighted by Crippen LogP contribution is -2.38. The van der Waals surface area contributed by atoms with E-state index in [-0.39, 0.29) is 6.61 Å². The number of ether oxygens (including phenoxy) is 3. The predicted molar refractivity (Wildman–Crippen MR) is 56.0 cm³/mol. The van der Waals surface area contributed by atoms with E-state index < -0.39 is 0 Å². The normalized spacial score (nSPS) is 18.2. The molecular weight excluding hydrogens is 198 g/mol. The molecule has 0 amide bonds. The zero-order chi connectivity index (χ0) is 10.8. The molecule has 1 aliphatic rings. The third-order valence-electron chi connectivity index (χ3n) is 2.26. The van der Waals surface area contributed by atoms with Crippen LogP contribution >= 0.6 is 0 Å². The van der Waals surface area contributed by atoms with E-state index in [1.807, 2.05) is 0 Å². The Morgan fingerprint density at radius 2 is 1.67 bits per heavy atom. The van der Waals surface area contributed by atoms with Crippen molar-refractivity contribution in [1.29, 1.82) is 0 Å². The molecule has 90 valence electrons. The molecule has 0 aromatic rings. The highest BCUT2D eigenvalue weighted by Crippen LogP contribution is 1.95. The summed E-state index contributed by atoms with van der Waals surface area (Å²) < 4.78 is 15.7. The van der Waals surface area contributed by atoms with Crippen molar-refractivity contribution in [3.8, 4) is 0 Å². The first-order valence-electron chi connectivity index (χ1n) is 5.50. The maximum absolute atomic E-state index is 8.45. The second kappa shape index (κ2) is 9.06. The van der Waals surface area contributed by atoms with Gasteiger partial charge in [0.05, 0.1) is 46.2 Å². The predicted octanol–water partition coefficient (Wildman–Crippen LogP) is -0.656. The third kappa shape index (κ3) is 6.81. The highest BCUT2D eigenvalue weighted by molar-refractivity contribution is 4.60. The van der Waals surface area contributed by atoms with Crippen LogP contribution < -0.4 is 0 Å². The Labute approximate surface area is 90.9 Å². The van der Waals surface area contributed by atoms with Crippen molar-refractivity contribution in [3.63, 3.8) is 0 Å². The number of hydrogen-bond acceptors (Lipinski definition) is 5. The molecule has 0 unspecified atom stereocenters. The summed E-state index contributed by atoms with van der Waals surface area (Å²) in [7, 11) is 0. The van der Waals surface area contributed by atoms with E-state index >= 15 is 0 Å². The summed E-state index contributed by atoms with van der Waals surface area (Å²) in [5.74, 6) is 0. The van der Waals surface area contributed by atoms with Gasteiger partial charge in [0, 0.05) is 19.6 Å². The number of nitrogens with zero attached hydrogens (tertiary/aromatic N) is 1. The second-order valence-corrected chi connectivity index (χ2v) is 3.40. The van der Waals surface area contributed by atoms with Crippen LogP contribution in [0.25, 0.3) is 0 Å².